The predicted molar refractivity (Wildman–Crippen MR) is 68.2 cm³/mol. The summed E-state index contributed by atoms with van der Waals surface area (Å²) < 4.78 is 10.3. The number of amides is 1. The second-order valence-corrected chi connectivity index (χ2v) is 3.98. The van der Waals surface area contributed by atoms with E-state index in [1.54, 1.807) is 0 Å². The summed E-state index contributed by atoms with van der Waals surface area (Å²) in [6, 6.07) is 7.91. The molecule has 5 nitrogen and oxygen atoms in total. The minimum absolute atomic E-state index is 0.268. The molecular weight excluding hydrogens is 232 g/mol. The maximum absolute atomic E-state index is 10.4. The molecule has 5 heteroatoms. The molecule has 0 saturated heterocycles. The van der Waals surface area contributed by atoms with Crippen LogP contribution in [0.4, 0.5) is 4.79 Å². The maximum Gasteiger partial charge on any atom is 0.404 e. The zero-order chi connectivity index (χ0) is 13.0. The van der Waals surface area contributed by atoms with Crippen LogP contribution >= 0.6 is 0 Å². The molecule has 3 N–H and O–H groups in total. The zero-order valence-corrected chi connectivity index (χ0v) is 10.2. The fourth-order valence-electron chi connectivity index (χ4n) is 1.88. The van der Waals surface area contributed by atoms with Gasteiger partial charge in [0.05, 0.1) is 0 Å². The summed E-state index contributed by atoms with van der Waals surface area (Å²) in [5.41, 5.74) is 6.88. The van der Waals surface area contributed by atoms with Gasteiger partial charge >= 0.3 is 6.09 Å². The van der Waals surface area contributed by atoms with Gasteiger partial charge in [-0.3, -0.25) is 0 Å². The lowest BCUT2D eigenvalue weighted by molar-refractivity contribution is 0.157. The molecule has 1 aromatic heterocycles. The molecule has 0 saturated carbocycles. The molecule has 1 heterocycles. The Bertz CT molecular complexity index is 548. The highest BCUT2D eigenvalue weighted by Gasteiger charge is 2.09. The Balaban J connectivity index is 1.95. The van der Waals surface area contributed by atoms with E-state index in [4.69, 9.17) is 10.2 Å². The molecule has 0 spiro atoms. The van der Waals surface area contributed by atoms with Crippen molar-refractivity contribution in [1.29, 1.82) is 0 Å². The molecule has 0 bridgehead atoms. The summed E-state index contributed by atoms with van der Waals surface area (Å²) in [4.78, 5) is 10.4. The third-order valence-corrected chi connectivity index (χ3v) is 2.73. The Hall–Kier alpha value is -2.01. The number of primary amides is 1. The molecule has 1 aromatic carbocycles. The first-order valence-corrected chi connectivity index (χ1v) is 5.78. The minimum atomic E-state index is -0.748. The maximum atomic E-state index is 10.4. The Kier molecular flexibility index (Phi) is 3.84. The number of carbonyl (C=O) groups excluding carboxylic acids is 1. The molecule has 0 fully saturated rings. The number of hydrogen-bond donors (Lipinski definition) is 2. The van der Waals surface area contributed by atoms with Gasteiger partial charge in [-0.1, -0.05) is 18.2 Å². The fraction of sp³-hybridized carbons (Fsp3) is 0.308. The van der Waals surface area contributed by atoms with Crippen molar-refractivity contribution >= 4 is 17.1 Å². The van der Waals surface area contributed by atoms with Gasteiger partial charge in [0.1, 0.15) is 18.0 Å². The van der Waals surface area contributed by atoms with E-state index in [9.17, 15) is 4.79 Å². The number of ether oxygens (including phenoxy) is 1. The molecule has 0 radical (unpaired) electrons. The largest absolute Gasteiger partial charge is 0.461 e. The number of benzene rings is 1. The van der Waals surface area contributed by atoms with E-state index in [2.05, 4.69) is 10.1 Å². The first-order valence-electron chi connectivity index (χ1n) is 5.78. The van der Waals surface area contributed by atoms with Crippen LogP contribution in [-0.2, 0) is 11.3 Å². The Morgan fingerprint density at radius 3 is 3.00 bits per heavy atom. The fourth-order valence-corrected chi connectivity index (χ4v) is 1.88. The van der Waals surface area contributed by atoms with Crippen molar-refractivity contribution < 1.29 is 13.9 Å². The lowest BCUT2D eigenvalue weighted by Crippen LogP contribution is -2.23. The van der Waals surface area contributed by atoms with Crippen LogP contribution in [0.2, 0.25) is 0 Å². The van der Waals surface area contributed by atoms with E-state index in [-0.39, 0.29) is 6.61 Å². The van der Waals surface area contributed by atoms with E-state index in [1.165, 1.54) is 0 Å². The van der Waals surface area contributed by atoms with E-state index < -0.39 is 6.09 Å². The van der Waals surface area contributed by atoms with Crippen LogP contribution in [-0.4, -0.2) is 19.2 Å². The zero-order valence-electron chi connectivity index (χ0n) is 10.2. The normalized spacial score (nSPS) is 10.7. The standard InChI is InChI=1S/C13H16N2O3/c1-9-11(8-15-6-7-17-13(14)16)10-4-2-3-5-12(10)18-9/h2-5,15H,6-8H2,1H3,(H2,14,16). The van der Waals surface area contributed by atoms with Crippen molar-refractivity contribution in [3.63, 3.8) is 0 Å². The smallest absolute Gasteiger partial charge is 0.404 e. The summed E-state index contributed by atoms with van der Waals surface area (Å²) in [6.07, 6.45) is -0.748. The van der Waals surface area contributed by atoms with Gasteiger partial charge in [0.15, 0.2) is 0 Å². The summed E-state index contributed by atoms with van der Waals surface area (Å²) >= 11 is 0. The molecule has 1 amide bonds. The van der Waals surface area contributed by atoms with Crippen molar-refractivity contribution in [2.75, 3.05) is 13.2 Å². The number of aryl methyl sites for hydroxylation is 1. The number of nitrogens with one attached hydrogen (secondary N) is 1. The van der Waals surface area contributed by atoms with Gasteiger partial charge in [-0.2, -0.15) is 0 Å². The topological polar surface area (TPSA) is 77.5 Å². The average Bonchev–Trinajstić information content (AvgIpc) is 2.65. The molecule has 0 aliphatic carbocycles. The van der Waals surface area contributed by atoms with Gasteiger partial charge in [0.25, 0.3) is 0 Å². The lowest BCUT2D eigenvalue weighted by atomic mass is 10.1. The first kappa shape index (κ1) is 12.4. The third kappa shape index (κ3) is 2.81. The second-order valence-electron chi connectivity index (χ2n) is 3.98. The van der Waals surface area contributed by atoms with Gasteiger partial charge in [-0.05, 0) is 13.0 Å². The number of hydrogen-bond acceptors (Lipinski definition) is 4. The number of para-hydroxylation sites is 1. The first-order chi connectivity index (χ1) is 8.68. The van der Waals surface area contributed by atoms with Gasteiger partial charge in [-0.15, -0.1) is 0 Å². The highest BCUT2D eigenvalue weighted by atomic mass is 16.5. The summed E-state index contributed by atoms with van der Waals surface area (Å²) in [5.74, 6) is 0.902. The van der Waals surface area contributed by atoms with Gasteiger partial charge < -0.3 is 20.2 Å². The number of furan rings is 1. The van der Waals surface area contributed by atoms with E-state index in [0.717, 1.165) is 22.3 Å². The number of carbonyl (C=O) groups is 1. The number of nitrogens with two attached hydrogens (primary N) is 1. The van der Waals surface area contributed by atoms with Crippen LogP contribution in [0.1, 0.15) is 11.3 Å². The SMILES string of the molecule is Cc1oc2ccccc2c1CNCCOC(N)=O. The van der Waals surface area contributed by atoms with Crippen molar-refractivity contribution in [2.24, 2.45) is 5.73 Å². The lowest BCUT2D eigenvalue weighted by Gasteiger charge is -2.04. The van der Waals surface area contributed by atoms with Crippen molar-refractivity contribution in [3.05, 3.63) is 35.6 Å². The monoisotopic (exact) mass is 248 g/mol. The van der Waals surface area contributed by atoms with Gasteiger partial charge in [0.2, 0.25) is 0 Å². The third-order valence-electron chi connectivity index (χ3n) is 2.73. The molecular formula is C13H16N2O3. The molecule has 18 heavy (non-hydrogen) atoms. The molecule has 0 atom stereocenters. The number of rotatable bonds is 5. The Morgan fingerprint density at radius 1 is 1.44 bits per heavy atom. The van der Waals surface area contributed by atoms with Crippen molar-refractivity contribution in [1.82, 2.24) is 5.32 Å². The second kappa shape index (κ2) is 5.55. The predicted octanol–water partition coefficient (Wildman–Crippen LogP) is 1.93. The average molecular weight is 248 g/mol. The van der Waals surface area contributed by atoms with Gasteiger partial charge in [-0.25, -0.2) is 4.79 Å². The highest BCUT2D eigenvalue weighted by Crippen LogP contribution is 2.24. The van der Waals surface area contributed by atoms with Crippen LogP contribution in [0.15, 0.2) is 28.7 Å². The quantitative estimate of drug-likeness (QED) is 0.792. The van der Waals surface area contributed by atoms with Crippen LogP contribution in [0.5, 0.6) is 0 Å². The molecule has 2 aromatic rings. The molecule has 0 aliphatic heterocycles. The van der Waals surface area contributed by atoms with Crippen molar-refractivity contribution in [2.45, 2.75) is 13.5 Å². The number of fused-ring (bicyclic) bond motifs is 1. The Morgan fingerprint density at radius 2 is 2.22 bits per heavy atom. The van der Waals surface area contributed by atoms with Crippen LogP contribution in [0.25, 0.3) is 11.0 Å². The highest BCUT2D eigenvalue weighted by molar-refractivity contribution is 5.82. The minimum Gasteiger partial charge on any atom is -0.461 e. The Labute approximate surface area is 105 Å². The summed E-state index contributed by atoms with van der Waals surface area (Å²) in [6.45, 7) is 3.44. The van der Waals surface area contributed by atoms with Crippen molar-refractivity contribution in [3.8, 4) is 0 Å². The van der Waals surface area contributed by atoms with E-state index in [0.29, 0.717) is 13.1 Å². The van der Waals surface area contributed by atoms with E-state index in [1.807, 2.05) is 31.2 Å². The summed E-state index contributed by atoms with van der Waals surface area (Å²) in [7, 11) is 0. The molecule has 0 unspecified atom stereocenters. The molecule has 2 rings (SSSR count). The van der Waals surface area contributed by atoms with Crippen LogP contribution in [0.3, 0.4) is 0 Å². The van der Waals surface area contributed by atoms with Crippen LogP contribution in [0, 0.1) is 6.92 Å². The van der Waals surface area contributed by atoms with Crippen LogP contribution < -0.4 is 11.1 Å². The molecule has 96 valence electrons. The van der Waals surface area contributed by atoms with Gasteiger partial charge in [0, 0.05) is 24.0 Å². The van der Waals surface area contributed by atoms with E-state index >= 15 is 0 Å². The molecule has 0 aliphatic rings. The summed E-state index contributed by atoms with van der Waals surface area (Å²) in [5, 5.41) is 4.29.